The summed E-state index contributed by atoms with van der Waals surface area (Å²) in [6, 6.07) is 2.41. The fourth-order valence-corrected chi connectivity index (χ4v) is 4.47. The number of piperazine rings is 1. The average Bonchev–Trinajstić information content (AvgIpc) is 3.32. The van der Waals surface area contributed by atoms with Gasteiger partial charge in [0, 0.05) is 52.3 Å². The van der Waals surface area contributed by atoms with Crippen LogP contribution in [0.15, 0.2) is 18.3 Å². The van der Waals surface area contributed by atoms with Crippen molar-refractivity contribution in [3.63, 3.8) is 0 Å². The van der Waals surface area contributed by atoms with Crippen molar-refractivity contribution in [2.75, 3.05) is 37.6 Å². The van der Waals surface area contributed by atoms with Crippen molar-refractivity contribution in [1.82, 2.24) is 20.1 Å². The molecule has 0 aliphatic carbocycles. The molecule has 0 aromatic carbocycles. The van der Waals surface area contributed by atoms with E-state index in [1.54, 1.807) is 11.1 Å². The molecule has 0 unspecified atom stereocenters. The van der Waals surface area contributed by atoms with E-state index in [0.29, 0.717) is 39.1 Å². The Balaban J connectivity index is 1.66. The minimum atomic E-state index is -0.876. The molecule has 2 aliphatic rings. The molecule has 10 heteroatoms. The van der Waals surface area contributed by atoms with Gasteiger partial charge in [0.15, 0.2) is 5.78 Å². The lowest BCUT2D eigenvalue weighted by Crippen LogP contribution is -2.57. The molecular formula is C23H32N6O4. The number of pyridine rings is 1. The van der Waals surface area contributed by atoms with Crippen LogP contribution in [0.4, 0.5) is 5.82 Å². The van der Waals surface area contributed by atoms with Crippen molar-refractivity contribution < 1.29 is 19.2 Å². The van der Waals surface area contributed by atoms with E-state index < -0.39 is 17.9 Å². The summed E-state index contributed by atoms with van der Waals surface area (Å²) >= 11 is 0. The Morgan fingerprint density at radius 1 is 1.21 bits per heavy atom. The highest BCUT2D eigenvalue weighted by Crippen LogP contribution is 2.20. The van der Waals surface area contributed by atoms with Gasteiger partial charge in [0.2, 0.25) is 17.7 Å². The lowest BCUT2D eigenvalue weighted by atomic mass is 10.1. The number of likely N-dealkylation sites (tertiary alicyclic amines) is 1. The number of aryl methyl sites for hydroxylation is 1. The van der Waals surface area contributed by atoms with E-state index in [2.05, 4.69) is 15.2 Å². The molecule has 0 spiro atoms. The Hall–Kier alpha value is -3.30. The van der Waals surface area contributed by atoms with Gasteiger partial charge in [-0.05, 0) is 37.8 Å². The average molecular weight is 457 g/mol. The van der Waals surface area contributed by atoms with Gasteiger partial charge in [-0.3, -0.25) is 19.2 Å². The van der Waals surface area contributed by atoms with Gasteiger partial charge in [-0.1, -0.05) is 6.07 Å². The van der Waals surface area contributed by atoms with E-state index in [0.717, 1.165) is 24.0 Å². The fourth-order valence-electron chi connectivity index (χ4n) is 4.47. The maximum atomic E-state index is 13.3. The first-order valence-corrected chi connectivity index (χ1v) is 11.4. The topological polar surface area (TPSA) is 127 Å². The monoisotopic (exact) mass is 456 g/mol. The van der Waals surface area contributed by atoms with Crippen LogP contribution in [-0.2, 0) is 19.2 Å². The van der Waals surface area contributed by atoms with Crippen LogP contribution in [0.3, 0.4) is 0 Å². The number of amides is 3. The Kier molecular flexibility index (Phi) is 8.13. The highest BCUT2D eigenvalue weighted by atomic mass is 16.2. The van der Waals surface area contributed by atoms with Crippen molar-refractivity contribution in [3.8, 4) is 0 Å². The van der Waals surface area contributed by atoms with Crippen LogP contribution in [0.2, 0.25) is 0 Å². The SMILES string of the molecule is CC(=O)N1CCC[C@H]1C(=O)N[C@@H](CCC(=O)C=N)C(=O)N1CCN(c2ncccc2C)CC1. The molecule has 2 fully saturated rings. The highest BCUT2D eigenvalue weighted by Gasteiger charge is 2.36. The van der Waals surface area contributed by atoms with Gasteiger partial charge in [0.25, 0.3) is 0 Å². The summed E-state index contributed by atoms with van der Waals surface area (Å²) in [5.74, 6) is -0.284. The molecule has 1 aromatic rings. The van der Waals surface area contributed by atoms with Gasteiger partial charge in [0.1, 0.15) is 17.9 Å². The highest BCUT2D eigenvalue weighted by molar-refractivity contribution is 6.26. The van der Waals surface area contributed by atoms with E-state index in [1.165, 1.54) is 11.8 Å². The van der Waals surface area contributed by atoms with E-state index in [-0.39, 0.29) is 30.6 Å². The van der Waals surface area contributed by atoms with Crippen LogP contribution < -0.4 is 10.2 Å². The summed E-state index contributed by atoms with van der Waals surface area (Å²) in [7, 11) is 0. The zero-order valence-corrected chi connectivity index (χ0v) is 19.2. The number of hydrogen-bond acceptors (Lipinski definition) is 7. The van der Waals surface area contributed by atoms with Crippen LogP contribution in [-0.4, -0.2) is 89.3 Å². The number of hydrogen-bond donors (Lipinski definition) is 2. The zero-order valence-electron chi connectivity index (χ0n) is 19.2. The quantitative estimate of drug-likeness (QED) is 0.550. The van der Waals surface area contributed by atoms with Crippen molar-refractivity contribution in [3.05, 3.63) is 23.9 Å². The summed E-state index contributed by atoms with van der Waals surface area (Å²) in [4.78, 5) is 59.6. The number of anilines is 1. The Morgan fingerprint density at radius 2 is 1.94 bits per heavy atom. The second kappa shape index (κ2) is 11.0. The third-order valence-corrected chi connectivity index (χ3v) is 6.29. The lowest BCUT2D eigenvalue weighted by Gasteiger charge is -2.37. The maximum Gasteiger partial charge on any atom is 0.245 e. The smallest absolute Gasteiger partial charge is 0.245 e. The molecule has 0 bridgehead atoms. The van der Waals surface area contributed by atoms with Crippen LogP contribution in [0.25, 0.3) is 0 Å². The molecular weight excluding hydrogens is 424 g/mol. The van der Waals surface area contributed by atoms with Crippen molar-refractivity contribution in [2.24, 2.45) is 0 Å². The minimum Gasteiger partial charge on any atom is -0.353 e. The number of nitrogens with one attached hydrogen (secondary N) is 2. The Labute approximate surface area is 193 Å². The zero-order chi connectivity index (χ0) is 24.0. The molecule has 33 heavy (non-hydrogen) atoms. The van der Waals surface area contributed by atoms with Gasteiger partial charge in [0.05, 0.1) is 6.21 Å². The van der Waals surface area contributed by atoms with Gasteiger partial charge < -0.3 is 25.4 Å². The van der Waals surface area contributed by atoms with E-state index in [9.17, 15) is 19.2 Å². The first-order valence-electron chi connectivity index (χ1n) is 11.4. The first kappa shape index (κ1) is 24.3. The summed E-state index contributed by atoms with van der Waals surface area (Å²) in [6.07, 6.45) is 3.87. The maximum absolute atomic E-state index is 13.3. The number of carbonyl (C=O) groups is 4. The molecule has 1 aromatic heterocycles. The summed E-state index contributed by atoms with van der Waals surface area (Å²) in [5.41, 5.74) is 1.07. The van der Waals surface area contributed by atoms with Crippen molar-refractivity contribution in [2.45, 2.75) is 51.6 Å². The number of carbonyl (C=O) groups excluding carboxylic acids is 4. The molecule has 178 valence electrons. The standard InChI is InChI=1S/C23H32N6O4/c1-16-5-3-9-25-21(16)27-11-13-28(14-12-27)23(33)19(8-7-18(31)15-24)26-22(32)20-6-4-10-29(20)17(2)30/h3,5,9,15,19-20,24H,4,6-8,10-14H2,1-2H3,(H,26,32)/t19-,20-/m0/s1. The molecule has 2 N–H and O–H groups in total. The molecule has 3 amide bonds. The van der Waals surface area contributed by atoms with Crippen molar-refractivity contribution in [1.29, 1.82) is 5.41 Å². The second-order valence-corrected chi connectivity index (χ2v) is 8.54. The largest absolute Gasteiger partial charge is 0.353 e. The third kappa shape index (κ3) is 5.94. The van der Waals surface area contributed by atoms with E-state index in [1.807, 2.05) is 19.1 Å². The van der Waals surface area contributed by atoms with Gasteiger partial charge in [-0.2, -0.15) is 0 Å². The molecule has 2 saturated heterocycles. The number of Topliss-reactive ketones (excluding diaryl/α,β-unsaturated/α-hetero) is 1. The van der Waals surface area contributed by atoms with Crippen LogP contribution in [0.5, 0.6) is 0 Å². The first-order chi connectivity index (χ1) is 15.8. The molecule has 2 atom stereocenters. The summed E-state index contributed by atoms with van der Waals surface area (Å²) < 4.78 is 0. The number of rotatable bonds is 8. The Morgan fingerprint density at radius 3 is 2.58 bits per heavy atom. The van der Waals surface area contributed by atoms with E-state index in [4.69, 9.17) is 5.41 Å². The Bertz CT molecular complexity index is 912. The predicted octanol–water partition coefficient (Wildman–Crippen LogP) is 0.533. The molecule has 0 radical (unpaired) electrons. The van der Waals surface area contributed by atoms with Crippen LogP contribution >= 0.6 is 0 Å². The molecule has 3 heterocycles. The number of aromatic nitrogens is 1. The second-order valence-electron chi connectivity index (χ2n) is 8.54. The minimum absolute atomic E-state index is 0.00558. The van der Waals surface area contributed by atoms with Gasteiger partial charge >= 0.3 is 0 Å². The molecule has 3 rings (SSSR count). The summed E-state index contributed by atoms with van der Waals surface area (Å²) in [5, 5.41) is 9.91. The lowest BCUT2D eigenvalue weighted by molar-refractivity contribution is -0.140. The van der Waals surface area contributed by atoms with E-state index >= 15 is 0 Å². The number of ketones is 1. The fraction of sp³-hybridized carbons (Fsp3) is 0.565. The molecule has 10 nitrogen and oxygen atoms in total. The van der Waals surface area contributed by atoms with Crippen molar-refractivity contribution >= 4 is 35.5 Å². The van der Waals surface area contributed by atoms with Crippen LogP contribution in [0.1, 0.15) is 38.2 Å². The normalized spacial score (nSPS) is 19.2. The molecule has 0 saturated carbocycles. The third-order valence-electron chi connectivity index (χ3n) is 6.29. The molecule has 2 aliphatic heterocycles. The van der Waals surface area contributed by atoms with Crippen LogP contribution in [0, 0.1) is 12.3 Å². The van der Waals surface area contributed by atoms with Gasteiger partial charge in [-0.25, -0.2) is 4.98 Å². The summed E-state index contributed by atoms with van der Waals surface area (Å²) in [6.45, 7) is 6.13. The number of nitrogens with zero attached hydrogens (tertiary/aromatic N) is 4. The predicted molar refractivity (Wildman–Crippen MR) is 123 cm³/mol. The van der Waals surface area contributed by atoms with Gasteiger partial charge in [-0.15, -0.1) is 0 Å².